The van der Waals surface area contributed by atoms with Crippen LogP contribution in [0.4, 0.5) is 0 Å². The molecule has 0 saturated carbocycles. The summed E-state index contributed by atoms with van der Waals surface area (Å²) in [6, 6.07) is -0.346. The number of amides is 1. The van der Waals surface area contributed by atoms with Crippen molar-refractivity contribution in [3.05, 3.63) is 5.82 Å². The van der Waals surface area contributed by atoms with Crippen molar-refractivity contribution < 1.29 is 4.79 Å². The fourth-order valence-corrected chi connectivity index (χ4v) is 1.46. The molecule has 17 heavy (non-hydrogen) atoms. The molecule has 1 heterocycles. The number of carbonyl (C=O) groups excluding carboxylic acids is 1. The average molecular weight is 256 g/mol. The second kappa shape index (κ2) is 5.17. The van der Waals surface area contributed by atoms with E-state index in [9.17, 15) is 4.79 Å². The number of nitrogens with one attached hydrogen (secondary N) is 2. The van der Waals surface area contributed by atoms with Gasteiger partial charge in [0.05, 0.1) is 16.4 Å². The zero-order valence-electron chi connectivity index (χ0n) is 10.0. The van der Waals surface area contributed by atoms with Crippen LogP contribution in [0.2, 0.25) is 0 Å². The average Bonchev–Trinajstić information content (AvgIpc) is 2.80. The molecule has 0 saturated heterocycles. The lowest BCUT2D eigenvalue weighted by molar-refractivity contribution is -0.127. The highest BCUT2D eigenvalue weighted by Crippen LogP contribution is 2.23. The van der Waals surface area contributed by atoms with Gasteiger partial charge in [0, 0.05) is 0 Å². The van der Waals surface area contributed by atoms with Crippen LogP contribution in [-0.4, -0.2) is 31.5 Å². The number of hydrogen-bond donors (Lipinski definition) is 3. The lowest BCUT2D eigenvalue weighted by Gasteiger charge is -2.26. The van der Waals surface area contributed by atoms with Crippen LogP contribution in [0.3, 0.4) is 0 Å². The fraction of sp³-hybridized carbons (Fsp3) is 0.667. The highest BCUT2D eigenvalue weighted by atomic mass is 32.1. The van der Waals surface area contributed by atoms with Crippen LogP contribution in [0.1, 0.15) is 39.1 Å². The third kappa shape index (κ3) is 2.76. The van der Waals surface area contributed by atoms with E-state index in [4.69, 9.17) is 18.0 Å². The summed E-state index contributed by atoms with van der Waals surface area (Å²) in [6.45, 7) is 5.34. The molecular formula is C9H16N6OS. The van der Waals surface area contributed by atoms with Gasteiger partial charge in [-0.25, -0.2) is 0 Å². The number of tetrazole rings is 1. The molecule has 8 heteroatoms. The quantitative estimate of drug-likeness (QED) is 0.644. The van der Waals surface area contributed by atoms with Crippen molar-refractivity contribution in [3.8, 4) is 0 Å². The molecule has 1 aromatic heterocycles. The SMILES string of the molecule is CCC(C)(C(=O)NC(C)c1nn[nH]n1)C(N)=S. The molecule has 0 aliphatic carbocycles. The largest absolute Gasteiger partial charge is 0.392 e. The summed E-state index contributed by atoms with van der Waals surface area (Å²) < 4.78 is 0. The summed E-state index contributed by atoms with van der Waals surface area (Å²) in [4.78, 5) is 12.3. The Balaban J connectivity index is 2.75. The summed E-state index contributed by atoms with van der Waals surface area (Å²) in [7, 11) is 0. The number of aromatic amines is 1. The molecule has 0 spiro atoms. The molecule has 0 aromatic carbocycles. The van der Waals surface area contributed by atoms with Gasteiger partial charge < -0.3 is 11.1 Å². The van der Waals surface area contributed by atoms with Gasteiger partial charge in [0.1, 0.15) is 0 Å². The number of hydrogen-bond acceptors (Lipinski definition) is 5. The molecule has 0 aliphatic rings. The summed E-state index contributed by atoms with van der Waals surface area (Å²) in [5.41, 5.74) is 4.74. The molecule has 0 fully saturated rings. The number of rotatable bonds is 5. The Labute approximate surface area is 105 Å². The number of thiocarbonyl (C=S) groups is 1. The van der Waals surface area contributed by atoms with Crippen molar-refractivity contribution in [1.29, 1.82) is 0 Å². The van der Waals surface area contributed by atoms with Gasteiger partial charge in [0.15, 0.2) is 5.82 Å². The fourth-order valence-electron chi connectivity index (χ4n) is 1.22. The molecule has 2 atom stereocenters. The first-order valence-corrected chi connectivity index (χ1v) is 5.66. The van der Waals surface area contributed by atoms with Crippen molar-refractivity contribution >= 4 is 23.1 Å². The van der Waals surface area contributed by atoms with Crippen LogP contribution < -0.4 is 11.1 Å². The third-order valence-corrected chi connectivity index (χ3v) is 3.30. The first kappa shape index (κ1) is 13.5. The zero-order valence-corrected chi connectivity index (χ0v) is 10.8. The van der Waals surface area contributed by atoms with E-state index >= 15 is 0 Å². The van der Waals surface area contributed by atoms with Crippen molar-refractivity contribution in [3.63, 3.8) is 0 Å². The maximum absolute atomic E-state index is 12.1. The van der Waals surface area contributed by atoms with Crippen molar-refractivity contribution in [2.24, 2.45) is 11.1 Å². The summed E-state index contributed by atoms with van der Waals surface area (Å²) >= 11 is 4.93. The number of carbonyl (C=O) groups is 1. The molecule has 0 radical (unpaired) electrons. The highest BCUT2D eigenvalue weighted by Gasteiger charge is 2.35. The van der Waals surface area contributed by atoms with E-state index in [1.54, 1.807) is 13.8 Å². The Bertz CT molecular complexity index is 406. The molecule has 4 N–H and O–H groups in total. The number of nitrogens with zero attached hydrogens (tertiary/aromatic N) is 3. The number of aromatic nitrogens is 4. The molecule has 1 amide bonds. The predicted octanol–water partition coefficient (Wildman–Crippen LogP) is 0.0793. The van der Waals surface area contributed by atoms with E-state index in [1.165, 1.54) is 0 Å². The monoisotopic (exact) mass is 256 g/mol. The third-order valence-electron chi connectivity index (χ3n) is 2.85. The molecule has 1 rings (SSSR count). The minimum Gasteiger partial charge on any atom is -0.392 e. The van der Waals surface area contributed by atoms with E-state index in [0.717, 1.165) is 0 Å². The second-order valence-corrected chi connectivity index (χ2v) is 4.45. The molecule has 94 valence electrons. The number of nitrogens with two attached hydrogens (primary N) is 1. The van der Waals surface area contributed by atoms with Crippen LogP contribution in [0.15, 0.2) is 0 Å². The maximum Gasteiger partial charge on any atom is 0.233 e. The first-order valence-electron chi connectivity index (χ1n) is 5.26. The van der Waals surface area contributed by atoms with Gasteiger partial charge in [-0.05, 0) is 20.3 Å². The minimum absolute atomic E-state index is 0.179. The molecule has 2 unspecified atom stereocenters. The van der Waals surface area contributed by atoms with Crippen LogP contribution in [0.25, 0.3) is 0 Å². The van der Waals surface area contributed by atoms with Gasteiger partial charge >= 0.3 is 0 Å². The molecule has 0 bridgehead atoms. The molecule has 7 nitrogen and oxygen atoms in total. The Kier molecular flexibility index (Phi) is 4.11. The van der Waals surface area contributed by atoms with Gasteiger partial charge in [-0.3, -0.25) is 4.79 Å². The van der Waals surface area contributed by atoms with Crippen LogP contribution in [0.5, 0.6) is 0 Å². The normalized spacial score (nSPS) is 15.9. The van der Waals surface area contributed by atoms with Gasteiger partial charge in [0.25, 0.3) is 0 Å². The molecule has 1 aromatic rings. The van der Waals surface area contributed by atoms with E-state index in [-0.39, 0.29) is 16.9 Å². The Morgan fingerprint density at radius 2 is 2.35 bits per heavy atom. The van der Waals surface area contributed by atoms with Crippen molar-refractivity contribution in [1.82, 2.24) is 25.9 Å². The summed E-state index contributed by atoms with van der Waals surface area (Å²) in [5.74, 6) is 0.185. The molecular weight excluding hydrogens is 240 g/mol. The summed E-state index contributed by atoms with van der Waals surface area (Å²) in [5, 5.41) is 16.1. The lowest BCUT2D eigenvalue weighted by atomic mass is 9.86. The van der Waals surface area contributed by atoms with Crippen LogP contribution in [0, 0.1) is 5.41 Å². The van der Waals surface area contributed by atoms with Crippen LogP contribution >= 0.6 is 12.2 Å². The Morgan fingerprint density at radius 3 is 2.76 bits per heavy atom. The topological polar surface area (TPSA) is 110 Å². The van der Waals surface area contributed by atoms with Crippen LogP contribution in [-0.2, 0) is 4.79 Å². The lowest BCUT2D eigenvalue weighted by Crippen LogP contribution is -2.47. The van der Waals surface area contributed by atoms with Gasteiger partial charge in [0.2, 0.25) is 5.91 Å². The first-order chi connectivity index (χ1) is 7.91. The van der Waals surface area contributed by atoms with Gasteiger partial charge in [-0.2, -0.15) is 5.21 Å². The van der Waals surface area contributed by atoms with Crippen molar-refractivity contribution in [2.75, 3.05) is 0 Å². The van der Waals surface area contributed by atoms with E-state index < -0.39 is 5.41 Å². The van der Waals surface area contributed by atoms with Gasteiger partial charge in [-0.15, -0.1) is 10.2 Å². The standard InChI is InChI=1S/C9H16N6OS/c1-4-9(3,7(10)17)8(16)11-5(2)6-12-14-15-13-6/h5H,4H2,1-3H3,(H2,10,17)(H,11,16)(H,12,13,14,15). The van der Waals surface area contributed by atoms with Gasteiger partial charge in [-0.1, -0.05) is 24.4 Å². The van der Waals surface area contributed by atoms with E-state index in [1.807, 2.05) is 6.92 Å². The minimum atomic E-state index is -0.854. The highest BCUT2D eigenvalue weighted by molar-refractivity contribution is 7.80. The molecule has 0 aliphatic heterocycles. The van der Waals surface area contributed by atoms with E-state index in [0.29, 0.717) is 12.2 Å². The Hall–Kier alpha value is -1.57. The number of H-pyrrole nitrogens is 1. The Morgan fingerprint density at radius 1 is 1.71 bits per heavy atom. The predicted molar refractivity (Wildman–Crippen MR) is 65.9 cm³/mol. The zero-order chi connectivity index (χ0) is 13.1. The second-order valence-electron chi connectivity index (χ2n) is 4.02. The van der Waals surface area contributed by atoms with E-state index in [2.05, 4.69) is 25.9 Å². The smallest absolute Gasteiger partial charge is 0.233 e. The van der Waals surface area contributed by atoms with Crippen molar-refractivity contribution in [2.45, 2.75) is 33.2 Å². The maximum atomic E-state index is 12.1. The summed E-state index contributed by atoms with van der Waals surface area (Å²) in [6.07, 6.45) is 0.535.